The van der Waals surface area contributed by atoms with Crippen LogP contribution in [0.15, 0.2) is 17.5 Å². The summed E-state index contributed by atoms with van der Waals surface area (Å²) in [5.41, 5.74) is 0. The SMILES string of the molecule is CCn1c(-c2cccs2)nn(C[NH+]2CCC(C)CC2)c1=S. The quantitative estimate of drug-likeness (QED) is 0.875. The highest BCUT2D eigenvalue weighted by molar-refractivity contribution is 7.71. The lowest BCUT2D eigenvalue weighted by Gasteiger charge is -2.26. The smallest absolute Gasteiger partial charge is 0.203 e. The minimum absolute atomic E-state index is 0.854. The molecule has 0 atom stereocenters. The molecular formula is C15H23N4S2+. The maximum Gasteiger partial charge on any atom is 0.203 e. The van der Waals surface area contributed by atoms with Gasteiger partial charge in [-0.25, -0.2) is 0 Å². The molecule has 21 heavy (non-hydrogen) atoms. The van der Waals surface area contributed by atoms with Gasteiger partial charge in [-0.1, -0.05) is 13.0 Å². The van der Waals surface area contributed by atoms with Crippen LogP contribution in [-0.4, -0.2) is 27.4 Å². The monoisotopic (exact) mass is 323 g/mol. The Balaban J connectivity index is 1.84. The lowest BCUT2D eigenvalue weighted by Crippen LogP contribution is -3.12. The normalized spacial score (nSPS) is 22.6. The van der Waals surface area contributed by atoms with Crippen LogP contribution in [0.1, 0.15) is 26.7 Å². The topological polar surface area (TPSA) is 27.2 Å². The molecule has 2 aromatic heterocycles. The number of quaternary nitrogens is 1. The third-order valence-electron chi connectivity index (χ3n) is 4.34. The van der Waals surface area contributed by atoms with Gasteiger partial charge in [-0.05, 0) is 49.3 Å². The minimum atomic E-state index is 0.854. The Morgan fingerprint density at radius 1 is 1.43 bits per heavy atom. The summed E-state index contributed by atoms with van der Waals surface area (Å²) in [5.74, 6) is 1.89. The Bertz CT molecular complexity index is 633. The van der Waals surface area contributed by atoms with Gasteiger partial charge in [0.15, 0.2) is 12.5 Å². The highest BCUT2D eigenvalue weighted by atomic mass is 32.1. The number of thiophene rings is 1. The third kappa shape index (κ3) is 3.12. The van der Waals surface area contributed by atoms with Crippen molar-refractivity contribution in [1.29, 1.82) is 0 Å². The Kier molecular flexibility index (Phi) is 4.57. The van der Waals surface area contributed by atoms with Crippen molar-refractivity contribution < 1.29 is 4.90 Å². The van der Waals surface area contributed by atoms with Crippen LogP contribution < -0.4 is 4.90 Å². The second kappa shape index (κ2) is 6.42. The summed E-state index contributed by atoms with van der Waals surface area (Å²) in [7, 11) is 0. The first-order valence-electron chi connectivity index (χ1n) is 7.74. The minimum Gasteiger partial charge on any atom is -0.316 e. The zero-order chi connectivity index (χ0) is 14.8. The van der Waals surface area contributed by atoms with Crippen molar-refractivity contribution in [3.05, 3.63) is 22.3 Å². The number of nitrogens with one attached hydrogen (secondary N) is 1. The molecule has 1 saturated heterocycles. The molecule has 0 saturated carbocycles. The van der Waals surface area contributed by atoms with E-state index in [-0.39, 0.29) is 0 Å². The number of piperidine rings is 1. The van der Waals surface area contributed by atoms with E-state index in [1.54, 1.807) is 16.2 Å². The Morgan fingerprint density at radius 3 is 2.81 bits per heavy atom. The van der Waals surface area contributed by atoms with Gasteiger partial charge in [0.25, 0.3) is 0 Å². The molecule has 0 unspecified atom stereocenters. The van der Waals surface area contributed by atoms with Crippen molar-refractivity contribution >= 4 is 23.6 Å². The highest BCUT2D eigenvalue weighted by Gasteiger charge is 2.21. The lowest BCUT2D eigenvalue weighted by atomic mass is 10.00. The zero-order valence-corrected chi connectivity index (χ0v) is 14.3. The standard InChI is InChI=1S/C15H22N4S2/c1-3-18-14(13-5-4-10-21-13)16-19(15(18)20)11-17-8-6-12(2)7-9-17/h4-5,10,12H,3,6-9,11H2,1-2H3/p+1. The fourth-order valence-electron chi connectivity index (χ4n) is 2.96. The number of aromatic nitrogens is 3. The molecule has 1 aliphatic heterocycles. The average Bonchev–Trinajstić information content (AvgIpc) is 3.10. The van der Waals surface area contributed by atoms with Crippen molar-refractivity contribution in [3.63, 3.8) is 0 Å². The fraction of sp³-hybridized carbons (Fsp3) is 0.600. The van der Waals surface area contributed by atoms with Gasteiger partial charge >= 0.3 is 0 Å². The van der Waals surface area contributed by atoms with E-state index in [9.17, 15) is 0 Å². The van der Waals surface area contributed by atoms with Gasteiger partial charge in [0.05, 0.1) is 18.0 Å². The van der Waals surface area contributed by atoms with Gasteiger partial charge in [0.2, 0.25) is 4.77 Å². The van der Waals surface area contributed by atoms with Gasteiger partial charge in [-0.3, -0.25) is 4.57 Å². The molecule has 3 heterocycles. The van der Waals surface area contributed by atoms with E-state index in [1.807, 2.05) is 4.68 Å². The van der Waals surface area contributed by atoms with Crippen LogP contribution in [0, 0.1) is 10.7 Å². The molecule has 0 radical (unpaired) electrons. The Morgan fingerprint density at radius 2 is 2.19 bits per heavy atom. The van der Waals surface area contributed by atoms with Crippen molar-refractivity contribution in [2.24, 2.45) is 5.92 Å². The molecule has 1 N–H and O–H groups in total. The molecule has 1 fully saturated rings. The molecule has 0 aliphatic carbocycles. The van der Waals surface area contributed by atoms with Crippen LogP contribution in [0.4, 0.5) is 0 Å². The molecule has 6 heteroatoms. The highest BCUT2D eigenvalue weighted by Crippen LogP contribution is 2.23. The second-order valence-electron chi connectivity index (χ2n) is 5.92. The first kappa shape index (κ1) is 14.9. The number of nitrogens with zero attached hydrogens (tertiary/aromatic N) is 3. The van der Waals surface area contributed by atoms with E-state index in [0.717, 1.165) is 29.7 Å². The molecular weight excluding hydrogens is 300 g/mol. The van der Waals surface area contributed by atoms with Crippen LogP contribution in [0.3, 0.4) is 0 Å². The predicted molar refractivity (Wildman–Crippen MR) is 89.1 cm³/mol. The zero-order valence-electron chi connectivity index (χ0n) is 12.7. The molecule has 4 nitrogen and oxygen atoms in total. The van der Waals surface area contributed by atoms with Crippen LogP contribution in [0.25, 0.3) is 10.7 Å². The van der Waals surface area contributed by atoms with Crippen molar-refractivity contribution in [3.8, 4) is 10.7 Å². The van der Waals surface area contributed by atoms with Gasteiger partial charge in [-0.2, -0.15) is 4.68 Å². The van der Waals surface area contributed by atoms with E-state index in [2.05, 4.69) is 35.9 Å². The van der Waals surface area contributed by atoms with E-state index in [1.165, 1.54) is 30.8 Å². The van der Waals surface area contributed by atoms with Gasteiger partial charge in [-0.15, -0.1) is 16.4 Å². The first-order chi connectivity index (χ1) is 10.2. The number of hydrogen-bond donors (Lipinski definition) is 1. The molecule has 1 aliphatic rings. The molecule has 0 amide bonds. The van der Waals surface area contributed by atoms with Crippen LogP contribution in [-0.2, 0) is 13.2 Å². The molecule has 3 rings (SSSR count). The third-order valence-corrected chi connectivity index (χ3v) is 5.63. The summed E-state index contributed by atoms with van der Waals surface area (Å²) in [5, 5.41) is 6.89. The van der Waals surface area contributed by atoms with Crippen molar-refractivity contribution in [1.82, 2.24) is 14.3 Å². The molecule has 2 aromatic rings. The predicted octanol–water partition coefficient (Wildman–Crippen LogP) is 2.43. The maximum absolute atomic E-state index is 5.63. The summed E-state index contributed by atoms with van der Waals surface area (Å²) >= 11 is 7.36. The molecule has 0 bridgehead atoms. The number of likely N-dealkylation sites (tertiary alicyclic amines) is 1. The van der Waals surface area contributed by atoms with E-state index >= 15 is 0 Å². The van der Waals surface area contributed by atoms with Crippen LogP contribution in [0.5, 0.6) is 0 Å². The van der Waals surface area contributed by atoms with Crippen LogP contribution in [0.2, 0.25) is 0 Å². The summed E-state index contributed by atoms with van der Waals surface area (Å²) < 4.78 is 5.03. The summed E-state index contributed by atoms with van der Waals surface area (Å²) in [6, 6.07) is 4.19. The fourth-order valence-corrected chi connectivity index (χ4v) is 4.00. The van der Waals surface area contributed by atoms with Gasteiger partial charge < -0.3 is 4.90 Å². The Labute approximate surface area is 135 Å². The molecule has 0 spiro atoms. The number of hydrogen-bond acceptors (Lipinski definition) is 3. The van der Waals surface area contributed by atoms with E-state index < -0.39 is 0 Å². The number of rotatable bonds is 4. The molecule has 114 valence electrons. The molecule has 0 aromatic carbocycles. The maximum atomic E-state index is 5.63. The van der Waals surface area contributed by atoms with Gasteiger partial charge in [0, 0.05) is 6.54 Å². The average molecular weight is 324 g/mol. The van der Waals surface area contributed by atoms with Crippen molar-refractivity contribution in [2.75, 3.05) is 13.1 Å². The van der Waals surface area contributed by atoms with E-state index in [0.29, 0.717) is 0 Å². The van der Waals surface area contributed by atoms with Crippen molar-refractivity contribution in [2.45, 2.75) is 39.9 Å². The second-order valence-corrected chi connectivity index (χ2v) is 7.23. The summed E-state index contributed by atoms with van der Waals surface area (Å²) in [6.07, 6.45) is 2.63. The summed E-state index contributed by atoms with van der Waals surface area (Å²) in [4.78, 5) is 2.80. The van der Waals surface area contributed by atoms with Gasteiger partial charge in [0.1, 0.15) is 0 Å². The summed E-state index contributed by atoms with van der Waals surface area (Å²) in [6.45, 7) is 8.72. The lowest BCUT2D eigenvalue weighted by molar-refractivity contribution is -0.929. The Hall–Kier alpha value is -0.980. The van der Waals surface area contributed by atoms with E-state index in [4.69, 9.17) is 17.3 Å². The largest absolute Gasteiger partial charge is 0.316 e. The first-order valence-corrected chi connectivity index (χ1v) is 9.03. The van der Waals surface area contributed by atoms with Crippen LogP contribution >= 0.6 is 23.6 Å².